The second kappa shape index (κ2) is 8.27. The number of hydrogen-bond acceptors (Lipinski definition) is 2. The van der Waals surface area contributed by atoms with E-state index in [4.69, 9.17) is 0 Å². The van der Waals surface area contributed by atoms with E-state index in [-0.39, 0.29) is 0 Å². The lowest BCUT2D eigenvalue weighted by Gasteiger charge is -2.01. The third kappa shape index (κ3) is 7.28. The highest BCUT2D eigenvalue weighted by atomic mass is 16.5. The van der Waals surface area contributed by atoms with Crippen LogP contribution in [0.3, 0.4) is 0 Å². The fourth-order valence-electron chi connectivity index (χ4n) is 0.913. The molecular weight excluding hydrogens is 154 g/mol. The Morgan fingerprint density at radius 3 is 2.75 bits per heavy atom. The average molecular weight is 170 g/mol. The fraction of sp³-hybridized carbons (Fsp3) is 0.667. The van der Waals surface area contributed by atoms with E-state index in [9.17, 15) is 10.0 Å². The number of carbonyl (C=O) groups is 1. The van der Waals surface area contributed by atoms with Gasteiger partial charge in [-0.15, -0.1) is 0 Å². The highest BCUT2D eigenvalue weighted by Gasteiger charge is 1.86. The third-order valence-corrected chi connectivity index (χ3v) is 1.59. The van der Waals surface area contributed by atoms with E-state index in [0.29, 0.717) is 0 Å². The predicted octanol–water partition coefficient (Wildman–Crippen LogP) is 2.13. The van der Waals surface area contributed by atoms with Crippen molar-refractivity contribution < 1.29 is 4.79 Å². The van der Waals surface area contributed by atoms with Crippen molar-refractivity contribution in [2.24, 2.45) is 0 Å². The SMILES string of the molecule is CCCCCC/C=C/C(=O)N[O-]. The molecular formula is C9H16NO2-. The van der Waals surface area contributed by atoms with Gasteiger partial charge in [0.1, 0.15) is 0 Å². The van der Waals surface area contributed by atoms with Gasteiger partial charge >= 0.3 is 0 Å². The van der Waals surface area contributed by atoms with Crippen molar-refractivity contribution in [2.75, 3.05) is 0 Å². The Morgan fingerprint density at radius 2 is 2.17 bits per heavy atom. The summed E-state index contributed by atoms with van der Waals surface area (Å²) >= 11 is 0. The van der Waals surface area contributed by atoms with E-state index in [2.05, 4.69) is 6.92 Å². The molecule has 0 rings (SSSR count). The van der Waals surface area contributed by atoms with E-state index in [1.165, 1.54) is 30.8 Å². The zero-order valence-electron chi connectivity index (χ0n) is 7.51. The smallest absolute Gasteiger partial charge is 0.233 e. The lowest BCUT2D eigenvalue weighted by Crippen LogP contribution is -2.11. The summed E-state index contributed by atoms with van der Waals surface area (Å²) in [5.74, 6) is -0.564. The Balaban J connectivity index is 3.18. The fourth-order valence-corrected chi connectivity index (χ4v) is 0.913. The van der Waals surface area contributed by atoms with Crippen molar-refractivity contribution >= 4 is 5.91 Å². The van der Waals surface area contributed by atoms with E-state index in [1.807, 2.05) is 0 Å². The number of nitrogens with one attached hydrogen (secondary N) is 1. The maximum atomic E-state index is 10.4. The summed E-state index contributed by atoms with van der Waals surface area (Å²) in [5, 5.41) is 9.75. The van der Waals surface area contributed by atoms with Crippen LogP contribution in [0.1, 0.15) is 39.0 Å². The first kappa shape index (κ1) is 11.2. The van der Waals surface area contributed by atoms with Crippen LogP contribution in [0, 0.1) is 5.21 Å². The molecule has 0 aliphatic carbocycles. The van der Waals surface area contributed by atoms with Crippen LogP contribution < -0.4 is 5.48 Å². The molecule has 12 heavy (non-hydrogen) atoms. The van der Waals surface area contributed by atoms with Crippen LogP contribution in [-0.4, -0.2) is 5.91 Å². The number of allylic oxidation sites excluding steroid dienone is 1. The number of hydroxylamine groups is 1. The molecule has 1 N–H and O–H groups in total. The molecule has 1 amide bonds. The van der Waals surface area contributed by atoms with Crippen LogP contribution in [0.5, 0.6) is 0 Å². The van der Waals surface area contributed by atoms with Gasteiger partial charge in [0.15, 0.2) is 0 Å². The van der Waals surface area contributed by atoms with Crippen molar-refractivity contribution in [1.82, 2.24) is 5.48 Å². The van der Waals surface area contributed by atoms with Gasteiger partial charge in [0.25, 0.3) is 0 Å². The van der Waals surface area contributed by atoms with Crippen LogP contribution >= 0.6 is 0 Å². The molecule has 0 aromatic rings. The molecule has 0 saturated heterocycles. The summed E-state index contributed by atoms with van der Waals surface area (Å²) in [4.78, 5) is 10.4. The summed E-state index contributed by atoms with van der Waals surface area (Å²) in [5.41, 5.74) is 1.29. The van der Waals surface area contributed by atoms with Crippen LogP contribution in [0.15, 0.2) is 12.2 Å². The van der Waals surface area contributed by atoms with E-state index < -0.39 is 5.91 Å². The first-order chi connectivity index (χ1) is 5.81. The second-order valence-corrected chi connectivity index (χ2v) is 2.72. The highest BCUT2D eigenvalue weighted by molar-refractivity contribution is 5.87. The molecule has 0 heterocycles. The summed E-state index contributed by atoms with van der Waals surface area (Å²) < 4.78 is 0. The number of unbranched alkanes of at least 4 members (excludes halogenated alkanes) is 4. The van der Waals surface area contributed by atoms with Crippen LogP contribution in [0.2, 0.25) is 0 Å². The third-order valence-electron chi connectivity index (χ3n) is 1.59. The Hall–Kier alpha value is -0.830. The van der Waals surface area contributed by atoms with Crippen LogP contribution in [0.4, 0.5) is 0 Å². The summed E-state index contributed by atoms with van der Waals surface area (Å²) in [7, 11) is 0. The number of rotatable bonds is 6. The van der Waals surface area contributed by atoms with E-state index >= 15 is 0 Å². The molecule has 0 fully saturated rings. The van der Waals surface area contributed by atoms with Gasteiger partial charge in [0, 0.05) is 0 Å². The Bertz CT molecular complexity index is 143. The van der Waals surface area contributed by atoms with Crippen molar-refractivity contribution in [1.29, 1.82) is 0 Å². The molecule has 0 atom stereocenters. The minimum atomic E-state index is -0.564. The average Bonchev–Trinajstić information content (AvgIpc) is 2.10. The molecule has 0 radical (unpaired) electrons. The monoisotopic (exact) mass is 170 g/mol. The summed E-state index contributed by atoms with van der Waals surface area (Å²) in [6.07, 6.45) is 8.65. The summed E-state index contributed by atoms with van der Waals surface area (Å²) in [6, 6.07) is 0. The van der Waals surface area contributed by atoms with Gasteiger partial charge in [0.2, 0.25) is 5.91 Å². The minimum absolute atomic E-state index is 0.564. The number of carbonyl (C=O) groups excluding carboxylic acids is 1. The quantitative estimate of drug-likeness (QED) is 0.377. The maximum Gasteiger partial charge on any atom is 0.233 e. The first-order valence-electron chi connectivity index (χ1n) is 4.40. The molecule has 0 saturated carbocycles. The predicted molar refractivity (Wildman–Crippen MR) is 49.4 cm³/mol. The molecule has 3 nitrogen and oxygen atoms in total. The van der Waals surface area contributed by atoms with Gasteiger partial charge in [-0.2, -0.15) is 0 Å². The van der Waals surface area contributed by atoms with Crippen molar-refractivity contribution in [3.8, 4) is 0 Å². The highest BCUT2D eigenvalue weighted by Crippen LogP contribution is 2.02. The molecule has 0 bridgehead atoms. The second-order valence-electron chi connectivity index (χ2n) is 2.72. The van der Waals surface area contributed by atoms with Gasteiger partial charge in [0.05, 0.1) is 0 Å². The Labute approximate surface area is 73.4 Å². The molecule has 0 aromatic carbocycles. The number of hydrogen-bond donors (Lipinski definition) is 1. The summed E-state index contributed by atoms with van der Waals surface area (Å²) in [6.45, 7) is 2.15. The van der Waals surface area contributed by atoms with E-state index in [1.54, 1.807) is 6.08 Å². The molecule has 0 aliphatic heterocycles. The number of amides is 1. The van der Waals surface area contributed by atoms with E-state index in [0.717, 1.165) is 12.8 Å². The van der Waals surface area contributed by atoms with Crippen molar-refractivity contribution in [3.63, 3.8) is 0 Å². The van der Waals surface area contributed by atoms with Gasteiger partial charge in [-0.1, -0.05) is 32.3 Å². The zero-order chi connectivity index (χ0) is 9.23. The first-order valence-corrected chi connectivity index (χ1v) is 4.40. The van der Waals surface area contributed by atoms with Crippen LogP contribution in [-0.2, 0) is 4.79 Å². The minimum Gasteiger partial charge on any atom is -0.759 e. The molecule has 0 unspecified atom stereocenters. The Morgan fingerprint density at radius 1 is 1.42 bits per heavy atom. The van der Waals surface area contributed by atoms with Gasteiger partial charge in [-0.05, 0) is 18.9 Å². The van der Waals surface area contributed by atoms with Crippen molar-refractivity contribution in [2.45, 2.75) is 39.0 Å². The topological polar surface area (TPSA) is 52.2 Å². The van der Waals surface area contributed by atoms with Gasteiger partial charge < -0.3 is 10.7 Å². The van der Waals surface area contributed by atoms with Gasteiger partial charge in [-0.25, -0.2) is 0 Å². The Kier molecular flexibility index (Phi) is 7.70. The lowest BCUT2D eigenvalue weighted by molar-refractivity contribution is -0.115. The molecule has 70 valence electrons. The lowest BCUT2D eigenvalue weighted by atomic mass is 10.1. The van der Waals surface area contributed by atoms with Gasteiger partial charge in [-0.3, -0.25) is 4.79 Å². The molecule has 3 heteroatoms. The maximum absolute atomic E-state index is 10.4. The standard InChI is InChI=1S/C9H16NO2/c1-2-3-4-5-6-7-8-9(11)10-12/h7-8H,2-6H2,1H3,(H-,10,11,12)/q-1/b8-7+. The molecule has 0 aliphatic rings. The van der Waals surface area contributed by atoms with Crippen molar-refractivity contribution in [3.05, 3.63) is 17.4 Å². The molecule has 0 aromatic heterocycles. The van der Waals surface area contributed by atoms with Crippen LogP contribution in [0.25, 0.3) is 0 Å². The molecule has 0 spiro atoms. The largest absolute Gasteiger partial charge is 0.759 e. The normalized spacial score (nSPS) is 10.5. The zero-order valence-corrected chi connectivity index (χ0v) is 7.51.